The molecule has 1 aromatic rings. The number of alkyl halides is 2. The fraction of sp³-hybridized carbons (Fsp3) is 0.643. The monoisotopic (exact) mass is 317 g/mol. The molecule has 0 aliphatic carbocycles. The minimum atomic E-state index is -2.81. The number of nitrogens with zero attached hydrogens (tertiary/aromatic N) is 2. The molecule has 0 bridgehead atoms. The second-order valence-electron chi connectivity index (χ2n) is 5.43. The summed E-state index contributed by atoms with van der Waals surface area (Å²) in [5, 5.41) is 15.2. The van der Waals surface area contributed by atoms with Crippen LogP contribution >= 0.6 is 0 Å². The zero-order valence-corrected chi connectivity index (χ0v) is 12.8. The molecule has 1 rings (SSSR count). The Kier molecular flexibility index (Phi) is 6.45. The van der Waals surface area contributed by atoms with E-state index in [9.17, 15) is 18.4 Å². The molecule has 6 nitrogen and oxygen atoms in total. The van der Waals surface area contributed by atoms with Crippen LogP contribution in [0, 0.1) is 5.92 Å². The predicted molar refractivity (Wildman–Crippen MR) is 76.0 cm³/mol. The molecule has 0 aromatic carbocycles. The molecule has 2 N–H and O–H groups in total. The average molecular weight is 317 g/mol. The molecular formula is C14H21F2N3O3. The first kappa shape index (κ1) is 18.1. The zero-order chi connectivity index (χ0) is 16.9. The van der Waals surface area contributed by atoms with Crippen molar-refractivity contribution in [2.24, 2.45) is 5.92 Å². The summed E-state index contributed by atoms with van der Waals surface area (Å²) in [6.45, 7) is 6.47. The van der Waals surface area contributed by atoms with Crippen molar-refractivity contribution in [3.05, 3.63) is 17.5 Å². The number of carboxylic acids is 1. The van der Waals surface area contributed by atoms with Gasteiger partial charge in [-0.2, -0.15) is 5.10 Å². The topological polar surface area (TPSA) is 84.2 Å². The van der Waals surface area contributed by atoms with Crippen molar-refractivity contribution in [3.63, 3.8) is 0 Å². The Hall–Kier alpha value is -1.99. The van der Waals surface area contributed by atoms with E-state index in [1.165, 1.54) is 6.20 Å². The van der Waals surface area contributed by atoms with Crippen LogP contribution in [0.2, 0.25) is 0 Å². The molecule has 1 aromatic heterocycles. The van der Waals surface area contributed by atoms with Gasteiger partial charge < -0.3 is 10.4 Å². The second-order valence-corrected chi connectivity index (χ2v) is 5.43. The van der Waals surface area contributed by atoms with Gasteiger partial charge in [0.15, 0.2) is 0 Å². The Morgan fingerprint density at radius 1 is 1.41 bits per heavy atom. The Balaban J connectivity index is 2.92. The van der Waals surface area contributed by atoms with E-state index in [2.05, 4.69) is 10.4 Å². The first-order valence-corrected chi connectivity index (χ1v) is 7.12. The van der Waals surface area contributed by atoms with Crippen molar-refractivity contribution in [3.8, 4) is 0 Å². The molecule has 1 amide bonds. The van der Waals surface area contributed by atoms with Crippen molar-refractivity contribution in [1.29, 1.82) is 0 Å². The molecule has 22 heavy (non-hydrogen) atoms. The smallest absolute Gasteiger partial charge is 0.326 e. The molecule has 0 aliphatic heterocycles. The molecule has 0 fully saturated rings. The molecule has 124 valence electrons. The van der Waals surface area contributed by atoms with Crippen molar-refractivity contribution in [1.82, 2.24) is 15.1 Å². The Morgan fingerprint density at radius 2 is 2.05 bits per heavy atom. The van der Waals surface area contributed by atoms with Crippen molar-refractivity contribution in [2.75, 3.05) is 0 Å². The largest absolute Gasteiger partial charge is 0.480 e. The van der Waals surface area contributed by atoms with Gasteiger partial charge in [-0.1, -0.05) is 20.8 Å². The number of carbonyl (C=O) groups excluding carboxylic acids is 1. The molecular weight excluding hydrogens is 296 g/mol. The molecule has 0 radical (unpaired) electrons. The fourth-order valence-electron chi connectivity index (χ4n) is 2.11. The fourth-order valence-corrected chi connectivity index (χ4v) is 2.11. The van der Waals surface area contributed by atoms with Crippen LogP contribution in [0.5, 0.6) is 0 Å². The maximum Gasteiger partial charge on any atom is 0.326 e. The van der Waals surface area contributed by atoms with Crippen LogP contribution in [-0.4, -0.2) is 39.2 Å². The Morgan fingerprint density at radius 3 is 2.50 bits per heavy atom. The molecule has 8 heteroatoms. The number of aliphatic carboxylic acids is 1. The quantitative estimate of drug-likeness (QED) is 0.767. The molecule has 1 atom stereocenters. The maximum absolute atomic E-state index is 12.4. The number of hydrogen-bond acceptors (Lipinski definition) is 3. The second kappa shape index (κ2) is 7.86. The minimum Gasteiger partial charge on any atom is -0.480 e. The van der Waals surface area contributed by atoms with E-state index < -0.39 is 30.8 Å². The Bertz CT molecular complexity index is 529. The van der Waals surface area contributed by atoms with Crippen LogP contribution in [0.3, 0.4) is 0 Å². The van der Waals surface area contributed by atoms with Gasteiger partial charge in [-0.3, -0.25) is 9.48 Å². The van der Waals surface area contributed by atoms with Gasteiger partial charge >= 0.3 is 5.97 Å². The number of carboxylic acid groups (broad SMARTS) is 1. The first-order valence-electron chi connectivity index (χ1n) is 7.12. The van der Waals surface area contributed by atoms with E-state index in [-0.39, 0.29) is 5.56 Å². The van der Waals surface area contributed by atoms with Crippen LogP contribution in [0.15, 0.2) is 6.20 Å². The van der Waals surface area contributed by atoms with Gasteiger partial charge in [-0.05, 0) is 12.3 Å². The lowest BCUT2D eigenvalue weighted by molar-refractivity contribution is -0.140. The molecule has 0 saturated carbocycles. The summed E-state index contributed by atoms with van der Waals surface area (Å²) in [7, 11) is 0. The number of rotatable bonds is 8. The molecule has 1 unspecified atom stereocenters. The number of aromatic nitrogens is 2. The normalized spacial score (nSPS) is 12.7. The summed E-state index contributed by atoms with van der Waals surface area (Å²) in [5.74, 6) is -1.85. The summed E-state index contributed by atoms with van der Waals surface area (Å²) < 4.78 is 26.4. The lowest BCUT2D eigenvalue weighted by Gasteiger charge is -2.14. The van der Waals surface area contributed by atoms with Crippen LogP contribution in [-0.2, 0) is 17.8 Å². The summed E-state index contributed by atoms with van der Waals surface area (Å²) in [6.07, 6.45) is -1.86. The lowest BCUT2D eigenvalue weighted by Crippen LogP contribution is -2.42. The van der Waals surface area contributed by atoms with Gasteiger partial charge in [0.05, 0.1) is 17.5 Å². The van der Waals surface area contributed by atoms with E-state index >= 15 is 0 Å². The lowest BCUT2D eigenvalue weighted by atomic mass is 10.1. The molecule has 0 saturated heterocycles. The third kappa shape index (κ3) is 4.78. The standard InChI is InChI=1S/C14H21F2N3O3/c1-4-11-9(6-17-19(11)7-8(2)3)13(20)18-10(14(21)22)5-12(15)16/h6,8,10,12H,4-5,7H2,1-3H3,(H,18,20)(H,21,22). The van der Waals surface area contributed by atoms with E-state index in [1.807, 2.05) is 20.8 Å². The van der Waals surface area contributed by atoms with Gasteiger partial charge in [0, 0.05) is 13.0 Å². The number of hydrogen-bond donors (Lipinski definition) is 2. The third-order valence-corrected chi connectivity index (χ3v) is 3.08. The summed E-state index contributed by atoms with van der Waals surface area (Å²) >= 11 is 0. The number of halogens is 2. The van der Waals surface area contributed by atoms with Crippen LogP contribution < -0.4 is 5.32 Å². The van der Waals surface area contributed by atoms with E-state index in [1.54, 1.807) is 4.68 Å². The summed E-state index contributed by atoms with van der Waals surface area (Å²) in [5.41, 5.74) is 0.885. The predicted octanol–water partition coefficient (Wildman–Crippen LogP) is 1.94. The highest BCUT2D eigenvalue weighted by Crippen LogP contribution is 2.13. The maximum atomic E-state index is 12.4. The molecule has 0 aliphatic rings. The highest BCUT2D eigenvalue weighted by atomic mass is 19.3. The number of carbonyl (C=O) groups is 2. The highest BCUT2D eigenvalue weighted by molar-refractivity contribution is 5.97. The summed E-state index contributed by atoms with van der Waals surface area (Å²) in [4.78, 5) is 23.1. The van der Waals surface area contributed by atoms with Gasteiger partial charge in [0.2, 0.25) is 6.43 Å². The molecule has 1 heterocycles. The molecule has 0 spiro atoms. The minimum absolute atomic E-state index is 0.226. The zero-order valence-electron chi connectivity index (χ0n) is 12.8. The first-order chi connectivity index (χ1) is 10.3. The van der Waals surface area contributed by atoms with Crippen molar-refractivity contribution in [2.45, 2.75) is 52.6 Å². The van der Waals surface area contributed by atoms with Crippen LogP contribution in [0.4, 0.5) is 8.78 Å². The van der Waals surface area contributed by atoms with Crippen LogP contribution in [0.25, 0.3) is 0 Å². The van der Waals surface area contributed by atoms with E-state index in [0.29, 0.717) is 24.6 Å². The van der Waals surface area contributed by atoms with Crippen molar-refractivity contribution < 1.29 is 23.5 Å². The SMILES string of the molecule is CCc1c(C(=O)NC(CC(F)F)C(=O)O)cnn1CC(C)C. The van der Waals surface area contributed by atoms with Gasteiger partial charge in [0.1, 0.15) is 6.04 Å². The Labute approximate surface area is 127 Å². The average Bonchev–Trinajstić information content (AvgIpc) is 2.79. The van der Waals surface area contributed by atoms with Gasteiger partial charge in [-0.15, -0.1) is 0 Å². The van der Waals surface area contributed by atoms with Gasteiger partial charge in [0.25, 0.3) is 5.91 Å². The third-order valence-electron chi connectivity index (χ3n) is 3.08. The van der Waals surface area contributed by atoms with E-state index in [0.717, 1.165) is 0 Å². The number of amides is 1. The van der Waals surface area contributed by atoms with Crippen LogP contribution in [0.1, 0.15) is 43.2 Å². The van der Waals surface area contributed by atoms with E-state index in [4.69, 9.17) is 5.11 Å². The van der Waals surface area contributed by atoms with Crippen molar-refractivity contribution >= 4 is 11.9 Å². The highest BCUT2D eigenvalue weighted by Gasteiger charge is 2.26. The van der Waals surface area contributed by atoms with Gasteiger partial charge in [-0.25, -0.2) is 13.6 Å². The summed E-state index contributed by atoms with van der Waals surface area (Å²) in [6, 6.07) is -1.62. The number of nitrogens with one attached hydrogen (secondary N) is 1.